The van der Waals surface area contributed by atoms with E-state index in [4.69, 9.17) is 4.52 Å². The number of carbonyl (C=O) groups is 1. The third kappa shape index (κ3) is 4.44. The zero-order valence-corrected chi connectivity index (χ0v) is 13.5. The molecule has 1 N–H and O–H groups in total. The number of fused-ring (bicyclic) bond motifs is 1. The van der Waals surface area contributed by atoms with E-state index in [-0.39, 0.29) is 24.8 Å². The molecule has 0 spiro atoms. The van der Waals surface area contributed by atoms with Gasteiger partial charge in [0.2, 0.25) is 0 Å². The predicted molar refractivity (Wildman–Crippen MR) is 79.8 cm³/mol. The summed E-state index contributed by atoms with van der Waals surface area (Å²) < 4.78 is 45.5. The van der Waals surface area contributed by atoms with E-state index in [1.165, 1.54) is 0 Å². The van der Waals surface area contributed by atoms with Crippen LogP contribution in [0.1, 0.15) is 41.5 Å². The van der Waals surface area contributed by atoms with E-state index in [1.54, 1.807) is 13.0 Å². The Balaban J connectivity index is 2.09. The molecule has 0 saturated carbocycles. The van der Waals surface area contributed by atoms with Gasteiger partial charge in [0, 0.05) is 12.2 Å². The Morgan fingerprint density at radius 3 is 2.75 bits per heavy atom. The standard InChI is InChI=1S/C15H18F3N3O3/c1-8(2)11-6-10(12-9(3)21-24-14(12)20-11)13(22)19-4-5-23-7-15(16,17)18/h6,8H,4-5,7H2,1-3H3,(H,19,22). The first-order valence-corrected chi connectivity index (χ1v) is 7.38. The van der Waals surface area contributed by atoms with Gasteiger partial charge in [0.05, 0.1) is 23.3 Å². The minimum absolute atomic E-state index is 0.0416. The van der Waals surface area contributed by atoms with Crippen molar-refractivity contribution >= 4 is 17.0 Å². The molecule has 9 heteroatoms. The number of rotatable bonds is 6. The number of hydrogen-bond acceptors (Lipinski definition) is 5. The van der Waals surface area contributed by atoms with Crippen LogP contribution in [0.2, 0.25) is 0 Å². The molecule has 2 heterocycles. The number of ether oxygens (including phenoxy) is 1. The minimum Gasteiger partial charge on any atom is -0.370 e. The second-order valence-electron chi connectivity index (χ2n) is 5.62. The highest BCUT2D eigenvalue weighted by Crippen LogP contribution is 2.25. The first kappa shape index (κ1) is 18.2. The number of amides is 1. The lowest BCUT2D eigenvalue weighted by atomic mass is 10.0. The van der Waals surface area contributed by atoms with Gasteiger partial charge in [-0.1, -0.05) is 19.0 Å². The van der Waals surface area contributed by atoms with E-state index in [0.29, 0.717) is 22.3 Å². The Kier molecular flexibility index (Phi) is 5.43. The lowest BCUT2D eigenvalue weighted by molar-refractivity contribution is -0.173. The molecule has 24 heavy (non-hydrogen) atoms. The summed E-state index contributed by atoms with van der Waals surface area (Å²) in [6.45, 7) is 3.91. The quantitative estimate of drug-likeness (QED) is 0.815. The van der Waals surface area contributed by atoms with E-state index in [1.807, 2.05) is 13.8 Å². The average Bonchev–Trinajstić information content (AvgIpc) is 2.86. The van der Waals surface area contributed by atoms with E-state index < -0.39 is 18.7 Å². The number of nitrogens with zero attached hydrogens (tertiary/aromatic N) is 2. The number of halogens is 3. The van der Waals surface area contributed by atoms with E-state index in [9.17, 15) is 18.0 Å². The van der Waals surface area contributed by atoms with Crippen LogP contribution in [0.4, 0.5) is 13.2 Å². The second kappa shape index (κ2) is 7.16. The highest BCUT2D eigenvalue weighted by molar-refractivity contribution is 6.06. The maximum atomic E-state index is 12.4. The van der Waals surface area contributed by atoms with Gasteiger partial charge < -0.3 is 14.6 Å². The number of carbonyl (C=O) groups excluding carboxylic acids is 1. The Bertz CT molecular complexity index is 726. The monoisotopic (exact) mass is 345 g/mol. The van der Waals surface area contributed by atoms with Crippen LogP contribution >= 0.6 is 0 Å². The van der Waals surface area contributed by atoms with E-state index in [0.717, 1.165) is 0 Å². The van der Waals surface area contributed by atoms with Gasteiger partial charge in [0.25, 0.3) is 11.6 Å². The van der Waals surface area contributed by atoms with E-state index >= 15 is 0 Å². The fourth-order valence-electron chi connectivity index (χ4n) is 2.11. The summed E-state index contributed by atoms with van der Waals surface area (Å²) in [5, 5.41) is 6.83. The molecule has 1 amide bonds. The molecule has 0 aliphatic carbocycles. The Labute approximate surface area is 136 Å². The summed E-state index contributed by atoms with van der Waals surface area (Å²) in [5.41, 5.74) is 1.78. The van der Waals surface area contributed by atoms with Crippen molar-refractivity contribution in [2.24, 2.45) is 0 Å². The molecule has 132 valence electrons. The molecule has 2 aromatic heterocycles. The molecule has 0 saturated heterocycles. The molecule has 2 aromatic rings. The number of hydrogen-bond donors (Lipinski definition) is 1. The van der Waals surface area contributed by atoms with Crippen molar-refractivity contribution in [3.63, 3.8) is 0 Å². The van der Waals surface area contributed by atoms with E-state index in [2.05, 4.69) is 20.2 Å². The number of aromatic nitrogens is 2. The van der Waals surface area contributed by atoms with Crippen LogP contribution in [0.5, 0.6) is 0 Å². The molecule has 0 aliphatic rings. The summed E-state index contributed by atoms with van der Waals surface area (Å²) >= 11 is 0. The highest BCUT2D eigenvalue weighted by atomic mass is 19.4. The van der Waals surface area contributed by atoms with Crippen LogP contribution in [0, 0.1) is 6.92 Å². The fraction of sp³-hybridized carbons (Fsp3) is 0.533. The largest absolute Gasteiger partial charge is 0.411 e. The molecule has 0 atom stereocenters. The zero-order valence-electron chi connectivity index (χ0n) is 13.5. The second-order valence-corrected chi connectivity index (χ2v) is 5.62. The zero-order chi connectivity index (χ0) is 17.9. The van der Waals surface area contributed by atoms with Crippen LogP contribution in [0.15, 0.2) is 10.6 Å². The smallest absolute Gasteiger partial charge is 0.370 e. The molecule has 0 radical (unpaired) electrons. The van der Waals surface area contributed by atoms with Crippen molar-refractivity contribution in [2.45, 2.75) is 32.9 Å². The number of pyridine rings is 1. The Morgan fingerprint density at radius 2 is 2.12 bits per heavy atom. The maximum Gasteiger partial charge on any atom is 0.411 e. The van der Waals surface area contributed by atoms with Crippen LogP contribution in [0.25, 0.3) is 11.1 Å². The maximum absolute atomic E-state index is 12.4. The average molecular weight is 345 g/mol. The Hall–Kier alpha value is -2.16. The summed E-state index contributed by atoms with van der Waals surface area (Å²) in [5.74, 6) is -0.368. The van der Waals surface area contributed by atoms with Crippen molar-refractivity contribution in [2.75, 3.05) is 19.8 Å². The van der Waals surface area contributed by atoms with Crippen LogP contribution in [0.3, 0.4) is 0 Å². The SMILES string of the molecule is Cc1noc2nc(C(C)C)cc(C(=O)NCCOCC(F)(F)F)c12. The van der Waals surface area contributed by atoms with Gasteiger partial charge in [-0.2, -0.15) is 13.2 Å². The van der Waals surface area contributed by atoms with Gasteiger partial charge in [0.15, 0.2) is 0 Å². The van der Waals surface area contributed by atoms with Crippen molar-refractivity contribution in [3.8, 4) is 0 Å². The first-order chi connectivity index (χ1) is 11.2. The van der Waals surface area contributed by atoms with Crippen LogP contribution < -0.4 is 5.32 Å². The molecule has 0 aliphatic heterocycles. The molecular formula is C15H18F3N3O3. The third-order valence-corrected chi connectivity index (χ3v) is 3.27. The molecule has 0 aromatic carbocycles. The third-order valence-electron chi connectivity index (χ3n) is 3.27. The number of aryl methyl sites for hydroxylation is 1. The predicted octanol–water partition coefficient (Wildman–Crippen LogP) is 2.96. The van der Waals surface area contributed by atoms with Gasteiger partial charge in [-0.15, -0.1) is 0 Å². The Morgan fingerprint density at radius 1 is 1.42 bits per heavy atom. The van der Waals surface area contributed by atoms with Gasteiger partial charge in [-0.25, -0.2) is 4.98 Å². The van der Waals surface area contributed by atoms with Crippen molar-refractivity contribution in [1.82, 2.24) is 15.5 Å². The lowest BCUT2D eigenvalue weighted by Crippen LogP contribution is -2.29. The molecule has 0 bridgehead atoms. The summed E-state index contributed by atoms with van der Waals surface area (Å²) in [7, 11) is 0. The van der Waals surface area contributed by atoms with Crippen molar-refractivity contribution in [1.29, 1.82) is 0 Å². The molecule has 6 nitrogen and oxygen atoms in total. The molecular weight excluding hydrogens is 327 g/mol. The normalized spacial score (nSPS) is 12.1. The van der Waals surface area contributed by atoms with Crippen molar-refractivity contribution in [3.05, 3.63) is 23.0 Å². The van der Waals surface area contributed by atoms with Gasteiger partial charge in [-0.3, -0.25) is 4.79 Å². The highest BCUT2D eigenvalue weighted by Gasteiger charge is 2.27. The number of nitrogens with one attached hydrogen (secondary N) is 1. The molecule has 0 unspecified atom stereocenters. The topological polar surface area (TPSA) is 77.2 Å². The van der Waals surface area contributed by atoms with Crippen LogP contribution in [-0.4, -0.2) is 42.0 Å². The summed E-state index contributed by atoms with van der Waals surface area (Å²) in [6.07, 6.45) is -4.38. The van der Waals surface area contributed by atoms with Gasteiger partial charge >= 0.3 is 6.18 Å². The van der Waals surface area contributed by atoms with Gasteiger partial charge in [0.1, 0.15) is 6.61 Å². The number of alkyl halides is 3. The molecule has 0 fully saturated rings. The van der Waals surface area contributed by atoms with Crippen molar-refractivity contribution < 1.29 is 27.2 Å². The summed E-state index contributed by atoms with van der Waals surface area (Å²) in [4.78, 5) is 16.7. The lowest BCUT2D eigenvalue weighted by Gasteiger charge is -2.10. The molecule has 2 rings (SSSR count). The first-order valence-electron chi connectivity index (χ1n) is 7.38. The summed E-state index contributed by atoms with van der Waals surface area (Å²) in [6, 6.07) is 1.64. The fourth-order valence-corrected chi connectivity index (χ4v) is 2.11. The van der Waals surface area contributed by atoms with Gasteiger partial charge in [-0.05, 0) is 18.9 Å². The van der Waals surface area contributed by atoms with Crippen LogP contribution in [-0.2, 0) is 4.74 Å². The minimum atomic E-state index is -4.38.